The summed E-state index contributed by atoms with van der Waals surface area (Å²) < 4.78 is 32.1. The van der Waals surface area contributed by atoms with Gasteiger partial charge in [0.2, 0.25) is 15.9 Å². The highest BCUT2D eigenvalue weighted by atomic mass is 32.2. The molecule has 4 rings (SSSR count). The largest absolute Gasteiger partial charge is 0.497 e. The molecule has 0 atom stereocenters. The highest BCUT2D eigenvalue weighted by molar-refractivity contribution is 7.88. The molecule has 2 aromatic rings. The van der Waals surface area contributed by atoms with Gasteiger partial charge in [0.15, 0.2) is 0 Å². The van der Waals surface area contributed by atoms with Crippen molar-refractivity contribution in [1.82, 2.24) is 14.9 Å². The lowest BCUT2D eigenvalue weighted by molar-refractivity contribution is -0.114. The van der Waals surface area contributed by atoms with Crippen molar-refractivity contribution in [3.63, 3.8) is 0 Å². The Hall–Kier alpha value is -2.46. The highest BCUT2D eigenvalue weighted by Crippen LogP contribution is 2.40. The molecule has 2 aromatic carbocycles. The van der Waals surface area contributed by atoms with Crippen LogP contribution < -0.4 is 20.1 Å². The molecule has 2 fully saturated rings. The third kappa shape index (κ3) is 8.02. The van der Waals surface area contributed by atoms with E-state index in [0.29, 0.717) is 18.6 Å². The Morgan fingerprint density at radius 2 is 1.68 bits per heavy atom. The van der Waals surface area contributed by atoms with Crippen LogP contribution in [0.5, 0.6) is 5.75 Å². The van der Waals surface area contributed by atoms with E-state index in [1.807, 2.05) is 24.3 Å². The molecule has 1 saturated heterocycles. The Kier molecular flexibility index (Phi) is 9.46. The minimum atomic E-state index is -3.27. The molecule has 1 aliphatic carbocycles. The molecule has 0 spiro atoms. The zero-order valence-electron chi connectivity index (χ0n) is 22.8. The molecule has 0 unspecified atom stereocenters. The summed E-state index contributed by atoms with van der Waals surface area (Å²) in [6.45, 7) is 4.98. The van der Waals surface area contributed by atoms with Gasteiger partial charge in [0.1, 0.15) is 5.75 Å². The van der Waals surface area contributed by atoms with E-state index in [9.17, 15) is 13.2 Å². The van der Waals surface area contributed by atoms with Crippen molar-refractivity contribution in [2.75, 3.05) is 38.3 Å². The third-order valence-corrected chi connectivity index (χ3v) is 8.71. The number of ether oxygens (including phenoxy) is 1. The third-order valence-electron chi connectivity index (χ3n) is 8.04. The van der Waals surface area contributed by atoms with Crippen molar-refractivity contribution in [2.24, 2.45) is 0 Å². The lowest BCUT2D eigenvalue weighted by atomic mass is 9.68. The van der Waals surface area contributed by atoms with E-state index < -0.39 is 10.0 Å². The molecule has 0 bridgehead atoms. The average molecular weight is 543 g/mol. The fraction of sp³-hybridized carbons (Fsp3) is 0.552. The molecular weight excluding hydrogens is 500 g/mol. The molecule has 3 N–H and O–H groups in total. The van der Waals surface area contributed by atoms with Crippen molar-refractivity contribution in [3.05, 3.63) is 59.7 Å². The number of nitrogens with zero attached hydrogens (tertiary/aromatic N) is 1. The van der Waals surface area contributed by atoms with Gasteiger partial charge in [0, 0.05) is 43.2 Å². The van der Waals surface area contributed by atoms with Crippen LogP contribution in [-0.4, -0.2) is 64.3 Å². The van der Waals surface area contributed by atoms with Crippen LogP contribution in [0.25, 0.3) is 0 Å². The van der Waals surface area contributed by atoms with Crippen LogP contribution in [0.15, 0.2) is 48.5 Å². The number of sulfonamides is 1. The van der Waals surface area contributed by atoms with Gasteiger partial charge >= 0.3 is 0 Å². The van der Waals surface area contributed by atoms with Gasteiger partial charge in [-0.15, -0.1) is 0 Å². The van der Waals surface area contributed by atoms with Crippen LogP contribution >= 0.6 is 0 Å². The second-order valence-corrected chi connectivity index (χ2v) is 12.8. The number of amides is 1. The second-order valence-electron chi connectivity index (χ2n) is 11.0. The lowest BCUT2D eigenvalue weighted by Crippen LogP contribution is -2.50. The summed E-state index contributed by atoms with van der Waals surface area (Å²) >= 11 is 0. The monoisotopic (exact) mass is 542 g/mol. The Morgan fingerprint density at radius 1 is 1.03 bits per heavy atom. The summed E-state index contributed by atoms with van der Waals surface area (Å²) in [5.41, 5.74) is 3.01. The molecule has 0 aromatic heterocycles. The van der Waals surface area contributed by atoms with Crippen LogP contribution in [0, 0.1) is 0 Å². The predicted octanol–water partition coefficient (Wildman–Crippen LogP) is 3.64. The minimum Gasteiger partial charge on any atom is -0.497 e. The molecule has 208 valence electrons. The second kappa shape index (κ2) is 12.6. The van der Waals surface area contributed by atoms with Gasteiger partial charge in [0.25, 0.3) is 0 Å². The van der Waals surface area contributed by atoms with Crippen molar-refractivity contribution in [1.29, 1.82) is 0 Å². The van der Waals surface area contributed by atoms with Crippen molar-refractivity contribution in [3.8, 4) is 5.75 Å². The van der Waals surface area contributed by atoms with E-state index in [-0.39, 0.29) is 11.3 Å². The standard InChI is InChI=1S/C29H42N4O4S/c1-22(34)31-25-9-7-23(8-10-25)20-33-17-13-27(14-18-33)32-26-11-15-29(16-12-26,21-30-38(3,35)36)24-5-4-6-28(19-24)37-2/h4-10,19,26-27,30,32H,11-18,20-21H2,1-3H3,(H,31,34)/t26-,29-. The Morgan fingerprint density at radius 3 is 2.29 bits per heavy atom. The summed E-state index contributed by atoms with van der Waals surface area (Å²) in [5, 5.41) is 6.74. The fourth-order valence-corrected chi connectivity index (χ4v) is 6.41. The molecular formula is C29H42N4O4S. The fourth-order valence-electron chi connectivity index (χ4n) is 5.87. The first-order chi connectivity index (χ1) is 18.1. The van der Waals surface area contributed by atoms with E-state index in [1.54, 1.807) is 7.11 Å². The van der Waals surface area contributed by atoms with Gasteiger partial charge in [-0.25, -0.2) is 13.1 Å². The summed E-state index contributed by atoms with van der Waals surface area (Å²) in [4.78, 5) is 13.7. The van der Waals surface area contributed by atoms with Crippen LogP contribution in [0.1, 0.15) is 56.6 Å². The topological polar surface area (TPSA) is 99.8 Å². The smallest absolute Gasteiger partial charge is 0.221 e. The number of likely N-dealkylation sites (tertiary alicyclic amines) is 1. The van der Waals surface area contributed by atoms with Crippen LogP contribution in [-0.2, 0) is 26.8 Å². The lowest BCUT2D eigenvalue weighted by Gasteiger charge is -2.43. The SMILES string of the molecule is COc1cccc([C@]2(CNS(C)(=O)=O)CC[C@@H](NC3CCN(Cc4ccc(NC(C)=O)cc4)CC3)CC2)c1. The maximum absolute atomic E-state index is 11.9. The van der Waals surface area contributed by atoms with E-state index in [0.717, 1.165) is 75.2 Å². The van der Waals surface area contributed by atoms with E-state index in [2.05, 4.69) is 44.5 Å². The Bertz CT molecular complexity index is 1170. The van der Waals surface area contributed by atoms with Gasteiger partial charge in [-0.2, -0.15) is 0 Å². The van der Waals surface area contributed by atoms with Crippen LogP contribution in [0.4, 0.5) is 5.69 Å². The number of anilines is 1. The number of methoxy groups -OCH3 is 1. The maximum atomic E-state index is 11.9. The van der Waals surface area contributed by atoms with E-state index in [1.165, 1.54) is 18.7 Å². The maximum Gasteiger partial charge on any atom is 0.221 e. The van der Waals surface area contributed by atoms with Gasteiger partial charge in [-0.3, -0.25) is 9.69 Å². The number of hydrogen-bond acceptors (Lipinski definition) is 6. The molecule has 2 aliphatic rings. The normalized spacial score (nSPS) is 23.2. The molecule has 0 radical (unpaired) electrons. The van der Waals surface area contributed by atoms with Crippen LogP contribution in [0.3, 0.4) is 0 Å². The highest BCUT2D eigenvalue weighted by Gasteiger charge is 2.38. The number of carbonyl (C=O) groups excluding carboxylic acids is 1. The van der Waals surface area contributed by atoms with Crippen LogP contribution in [0.2, 0.25) is 0 Å². The molecule has 9 heteroatoms. The minimum absolute atomic E-state index is 0.0538. The first-order valence-electron chi connectivity index (χ1n) is 13.6. The van der Waals surface area contributed by atoms with Gasteiger partial charge in [-0.05, 0) is 87.0 Å². The molecule has 38 heavy (non-hydrogen) atoms. The first-order valence-corrected chi connectivity index (χ1v) is 15.5. The van der Waals surface area contributed by atoms with E-state index in [4.69, 9.17) is 4.74 Å². The number of carbonyl (C=O) groups is 1. The Labute approximate surface area is 227 Å². The number of piperidine rings is 1. The average Bonchev–Trinajstić information content (AvgIpc) is 2.90. The predicted molar refractivity (Wildman–Crippen MR) is 152 cm³/mol. The summed E-state index contributed by atoms with van der Waals surface area (Å²) in [6, 6.07) is 17.1. The molecule has 8 nitrogen and oxygen atoms in total. The molecule has 1 saturated carbocycles. The zero-order valence-corrected chi connectivity index (χ0v) is 23.6. The van der Waals surface area contributed by atoms with Gasteiger partial charge in [-0.1, -0.05) is 24.3 Å². The van der Waals surface area contributed by atoms with E-state index >= 15 is 0 Å². The molecule has 1 heterocycles. The number of rotatable bonds is 10. The van der Waals surface area contributed by atoms with Gasteiger partial charge < -0.3 is 15.4 Å². The quantitative estimate of drug-likeness (QED) is 0.424. The summed E-state index contributed by atoms with van der Waals surface area (Å²) in [5.74, 6) is 0.749. The van der Waals surface area contributed by atoms with Gasteiger partial charge in [0.05, 0.1) is 13.4 Å². The number of nitrogens with one attached hydrogen (secondary N) is 3. The summed E-state index contributed by atoms with van der Waals surface area (Å²) in [6.07, 6.45) is 7.36. The molecule has 1 amide bonds. The first kappa shape index (κ1) is 28.5. The molecule has 1 aliphatic heterocycles. The Balaban J connectivity index is 1.28. The number of hydrogen-bond donors (Lipinski definition) is 3. The van der Waals surface area contributed by atoms with Crippen molar-refractivity contribution < 1.29 is 17.9 Å². The number of benzene rings is 2. The zero-order chi connectivity index (χ0) is 27.2. The van der Waals surface area contributed by atoms with Crippen molar-refractivity contribution in [2.45, 2.75) is 69.5 Å². The van der Waals surface area contributed by atoms with Crippen molar-refractivity contribution >= 4 is 21.6 Å². The summed E-state index contributed by atoms with van der Waals surface area (Å²) in [7, 11) is -1.61.